The van der Waals surface area contributed by atoms with Crippen LogP contribution in [0.15, 0.2) is 36.7 Å². The van der Waals surface area contributed by atoms with Gasteiger partial charge in [0, 0.05) is 21.5 Å². The Morgan fingerprint density at radius 2 is 1.93 bits per heavy atom. The van der Waals surface area contributed by atoms with Crippen molar-refractivity contribution in [1.82, 2.24) is 9.97 Å². The highest BCUT2D eigenvalue weighted by Gasteiger charge is 2.01. The molecule has 2 aromatic rings. The van der Waals surface area contributed by atoms with Crippen molar-refractivity contribution in [1.29, 1.82) is 5.26 Å². The monoisotopic (exact) mass is 307 g/mol. The molecule has 2 rings (SSSR count). The number of hydrogen-bond donors (Lipinski definition) is 0. The van der Waals surface area contributed by atoms with E-state index in [2.05, 4.69) is 32.6 Å². The minimum absolute atomic E-state index is 0.476. The van der Waals surface area contributed by atoms with Gasteiger partial charge in [0.25, 0.3) is 0 Å². The van der Waals surface area contributed by atoms with Gasteiger partial charge in [0.15, 0.2) is 5.82 Å². The van der Waals surface area contributed by atoms with E-state index >= 15 is 0 Å². The number of benzene rings is 1. The number of nitriles is 1. The molecule has 0 aliphatic carbocycles. The zero-order valence-corrected chi connectivity index (χ0v) is 9.84. The summed E-state index contributed by atoms with van der Waals surface area (Å²) in [6, 6.07) is 9.91. The summed E-state index contributed by atoms with van der Waals surface area (Å²) in [5.74, 6) is 0.646. The zero-order valence-electron chi connectivity index (χ0n) is 7.68. The van der Waals surface area contributed by atoms with E-state index in [1.54, 1.807) is 0 Å². The fraction of sp³-hybridized carbons (Fsp3) is 0. The normalized spacial score (nSPS) is 9.60. The van der Waals surface area contributed by atoms with E-state index < -0.39 is 0 Å². The first-order valence-corrected chi connectivity index (χ1v) is 5.35. The molecule has 0 saturated heterocycles. The largest absolute Gasteiger partial charge is 0.235 e. The molecule has 1 aromatic carbocycles. The van der Waals surface area contributed by atoms with Crippen LogP contribution in [0.2, 0.25) is 0 Å². The predicted octanol–water partition coefficient (Wildman–Crippen LogP) is 2.62. The van der Waals surface area contributed by atoms with E-state index in [-0.39, 0.29) is 0 Å². The fourth-order valence-corrected chi connectivity index (χ4v) is 1.71. The molecule has 0 saturated carbocycles. The van der Waals surface area contributed by atoms with Gasteiger partial charge >= 0.3 is 0 Å². The first-order chi connectivity index (χ1) is 7.29. The maximum atomic E-state index is 8.61. The molecular weight excluding hydrogens is 301 g/mol. The third kappa shape index (κ3) is 2.30. The average molecular weight is 307 g/mol. The molecule has 0 atom stereocenters. The van der Waals surface area contributed by atoms with E-state index in [1.807, 2.05) is 30.3 Å². The van der Waals surface area contributed by atoms with Crippen LogP contribution in [-0.4, -0.2) is 9.97 Å². The molecule has 4 heteroatoms. The molecule has 3 nitrogen and oxygen atoms in total. The smallest absolute Gasteiger partial charge is 0.159 e. The van der Waals surface area contributed by atoms with Crippen molar-refractivity contribution in [3.8, 4) is 17.5 Å². The fourth-order valence-electron chi connectivity index (χ4n) is 1.16. The molecule has 0 bridgehead atoms. The van der Waals surface area contributed by atoms with Crippen LogP contribution in [-0.2, 0) is 0 Å². The van der Waals surface area contributed by atoms with Crippen molar-refractivity contribution < 1.29 is 0 Å². The Hall–Kier alpha value is -1.48. The summed E-state index contributed by atoms with van der Waals surface area (Å²) in [5.41, 5.74) is 1.44. The van der Waals surface area contributed by atoms with Crippen molar-refractivity contribution in [3.05, 3.63) is 45.8 Å². The topological polar surface area (TPSA) is 49.6 Å². The summed E-state index contributed by atoms with van der Waals surface area (Å²) in [4.78, 5) is 8.25. The molecule has 1 aromatic heterocycles. The van der Waals surface area contributed by atoms with Gasteiger partial charge in [-0.15, -0.1) is 0 Å². The van der Waals surface area contributed by atoms with Gasteiger partial charge in [-0.2, -0.15) is 5.26 Å². The van der Waals surface area contributed by atoms with Crippen LogP contribution in [0.1, 0.15) is 5.56 Å². The highest BCUT2D eigenvalue weighted by atomic mass is 127. The Balaban J connectivity index is 2.42. The molecule has 0 N–H and O–H groups in total. The van der Waals surface area contributed by atoms with Crippen LogP contribution in [0, 0.1) is 14.9 Å². The molecule has 15 heavy (non-hydrogen) atoms. The van der Waals surface area contributed by atoms with Crippen LogP contribution in [0.5, 0.6) is 0 Å². The van der Waals surface area contributed by atoms with Gasteiger partial charge in [-0.1, -0.05) is 12.1 Å². The van der Waals surface area contributed by atoms with E-state index in [0.29, 0.717) is 11.4 Å². The Morgan fingerprint density at radius 3 is 2.53 bits per heavy atom. The summed E-state index contributed by atoms with van der Waals surface area (Å²) >= 11 is 2.24. The maximum absolute atomic E-state index is 8.61. The second-order valence-corrected chi connectivity index (χ2v) is 4.16. The average Bonchev–Trinajstić information content (AvgIpc) is 2.29. The Bertz CT molecular complexity index is 514. The number of rotatable bonds is 1. The third-order valence-corrected chi connectivity index (χ3v) is 2.53. The van der Waals surface area contributed by atoms with Gasteiger partial charge in [0.2, 0.25) is 0 Å². The van der Waals surface area contributed by atoms with Gasteiger partial charge < -0.3 is 0 Å². The molecule has 0 radical (unpaired) electrons. The van der Waals surface area contributed by atoms with Crippen molar-refractivity contribution in [2.75, 3.05) is 0 Å². The molecule has 72 valence electrons. The SMILES string of the molecule is N#Cc1cnc(-c2cccc(I)c2)nc1. The number of nitrogens with zero attached hydrogens (tertiary/aromatic N) is 3. The zero-order chi connectivity index (χ0) is 10.7. The van der Waals surface area contributed by atoms with E-state index in [9.17, 15) is 0 Å². The number of hydrogen-bond acceptors (Lipinski definition) is 3. The Labute approximate surface area is 101 Å². The Morgan fingerprint density at radius 1 is 1.20 bits per heavy atom. The van der Waals surface area contributed by atoms with Gasteiger partial charge in [-0.3, -0.25) is 0 Å². The van der Waals surface area contributed by atoms with Gasteiger partial charge in [0.05, 0.1) is 5.56 Å². The van der Waals surface area contributed by atoms with Gasteiger partial charge in [-0.25, -0.2) is 9.97 Å². The van der Waals surface area contributed by atoms with Gasteiger partial charge in [0.1, 0.15) is 6.07 Å². The quantitative estimate of drug-likeness (QED) is 0.761. The van der Waals surface area contributed by atoms with Crippen molar-refractivity contribution >= 4 is 22.6 Å². The summed E-state index contributed by atoms with van der Waals surface area (Å²) in [6.45, 7) is 0. The standard InChI is InChI=1S/C11H6IN3/c12-10-3-1-2-9(4-10)11-14-6-8(5-13)7-15-11/h1-4,6-7H. The second-order valence-electron chi connectivity index (χ2n) is 2.92. The molecule has 0 fully saturated rings. The molecular formula is C11H6IN3. The van der Waals surface area contributed by atoms with Crippen molar-refractivity contribution in [2.45, 2.75) is 0 Å². The van der Waals surface area contributed by atoms with E-state index in [1.165, 1.54) is 12.4 Å². The molecule has 0 unspecified atom stereocenters. The molecule has 0 aliphatic rings. The van der Waals surface area contributed by atoms with Crippen LogP contribution < -0.4 is 0 Å². The highest BCUT2D eigenvalue weighted by molar-refractivity contribution is 14.1. The lowest BCUT2D eigenvalue weighted by Crippen LogP contribution is -1.89. The molecule has 0 amide bonds. The summed E-state index contributed by atoms with van der Waals surface area (Å²) in [6.07, 6.45) is 3.06. The lowest BCUT2D eigenvalue weighted by molar-refractivity contribution is 1.16. The summed E-state index contributed by atoms with van der Waals surface area (Å²) in [7, 11) is 0. The molecule has 0 aliphatic heterocycles. The highest BCUT2D eigenvalue weighted by Crippen LogP contribution is 2.16. The number of halogens is 1. The summed E-state index contributed by atoms with van der Waals surface area (Å²) < 4.78 is 1.14. The van der Waals surface area contributed by atoms with Crippen molar-refractivity contribution in [2.24, 2.45) is 0 Å². The molecule has 0 spiro atoms. The first kappa shape index (κ1) is 10.1. The van der Waals surface area contributed by atoms with Crippen LogP contribution in [0.3, 0.4) is 0 Å². The lowest BCUT2D eigenvalue weighted by atomic mass is 10.2. The lowest BCUT2D eigenvalue weighted by Gasteiger charge is -1.99. The predicted molar refractivity (Wildman–Crippen MR) is 64.9 cm³/mol. The van der Waals surface area contributed by atoms with E-state index in [4.69, 9.17) is 5.26 Å². The minimum atomic E-state index is 0.476. The second kappa shape index (κ2) is 4.36. The van der Waals surface area contributed by atoms with Crippen LogP contribution in [0.4, 0.5) is 0 Å². The van der Waals surface area contributed by atoms with Crippen LogP contribution in [0.25, 0.3) is 11.4 Å². The van der Waals surface area contributed by atoms with Gasteiger partial charge in [-0.05, 0) is 34.7 Å². The number of aromatic nitrogens is 2. The first-order valence-electron chi connectivity index (χ1n) is 4.27. The minimum Gasteiger partial charge on any atom is -0.235 e. The van der Waals surface area contributed by atoms with Crippen molar-refractivity contribution in [3.63, 3.8) is 0 Å². The third-order valence-electron chi connectivity index (χ3n) is 1.86. The van der Waals surface area contributed by atoms with E-state index in [0.717, 1.165) is 9.13 Å². The van der Waals surface area contributed by atoms with Crippen LogP contribution >= 0.6 is 22.6 Å². The molecule has 1 heterocycles. The summed E-state index contributed by atoms with van der Waals surface area (Å²) in [5, 5.41) is 8.61. The Kier molecular flexibility index (Phi) is 2.92. The maximum Gasteiger partial charge on any atom is 0.159 e.